The Balaban J connectivity index is 2.03. The van der Waals surface area contributed by atoms with E-state index in [-0.39, 0.29) is 0 Å². The molecule has 1 N–H and O–H groups in total. The molecule has 1 heterocycles. The molecule has 0 saturated heterocycles. The fourth-order valence-corrected chi connectivity index (χ4v) is 2.53. The van der Waals surface area contributed by atoms with Crippen molar-refractivity contribution < 1.29 is 4.74 Å². The summed E-state index contributed by atoms with van der Waals surface area (Å²) in [4.78, 5) is 2.81. The lowest BCUT2D eigenvalue weighted by Gasteiger charge is -2.12. The van der Waals surface area contributed by atoms with E-state index in [9.17, 15) is 0 Å². The van der Waals surface area contributed by atoms with E-state index in [0.29, 0.717) is 6.04 Å². The predicted molar refractivity (Wildman–Crippen MR) is 75.8 cm³/mol. The number of unbranched alkanes of at least 4 members (excludes halogenated alkanes) is 1. The van der Waals surface area contributed by atoms with Crippen molar-refractivity contribution in [1.29, 1.82) is 0 Å². The first kappa shape index (κ1) is 14.7. The number of thiophene rings is 1. The summed E-state index contributed by atoms with van der Waals surface area (Å²) in [5.41, 5.74) is 0. The second-order valence-corrected chi connectivity index (χ2v) is 5.76. The van der Waals surface area contributed by atoms with Crippen LogP contribution in [0.4, 0.5) is 0 Å². The molecule has 0 radical (unpaired) electrons. The van der Waals surface area contributed by atoms with Gasteiger partial charge in [0.15, 0.2) is 0 Å². The van der Waals surface area contributed by atoms with Gasteiger partial charge >= 0.3 is 0 Å². The van der Waals surface area contributed by atoms with Crippen LogP contribution < -0.4 is 5.32 Å². The lowest BCUT2D eigenvalue weighted by Crippen LogP contribution is -2.20. The molecule has 1 rings (SSSR count). The topological polar surface area (TPSA) is 21.3 Å². The Morgan fingerprint density at radius 1 is 1.29 bits per heavy atom. The zero-order valence-corrected chi connectivity index (χ0v) is 12.1. The van der Waals surface area contributed by atoms with Crippen molar-refractivity contribution in [3.05, 3.63) is 21.9 Å². The fourth-order valence-electron chi connectivity index (χ4n) is 1.63. The van der Waals surface area contributed by atoms with Crippen LogP contribution in [0.5, 0.6) is 0 Å². The van der Waals surface area contributed by atoms with Gasteiger partial charge in [0.2, 0.25) is 0 Å². The number of nitrogens with one attached hydrogen (secondary N) is 1. The number of aryl methyl sites for hydroxylation is 1. The molecule has 98 valence electrons. The van der Waals surface area contributed by atoms with E-state index in [2.05, 4.69) is 38.2 Å². The first-order valence-electron chi connectivity index (χ1n) is 6.61. The van der Waals surface area contributed by atoms with E-state index < -0.39 is 0 Å². The Labute approximate surface area is 109 Å². The molecule has 3 heteroatoms. The second kappa shape index (κ2) is 8.67. The van der Waals surface area contributed by atoms with Crippen molar-refractivity contribution in [3.8, 4) is 0 Å². The molecular formula is C14H25NOS. The van der Waals surface area contributed by atoms with Gasteiger partial charge in [-0.25, -0.2) is 0 Å². The van der Waals surface area contributed by atoms with E-state index >= 15 is 0 Å². The SMILES string of the molecule is CCCCOCCCNC(C)c1ccc(C)s1. The van der Waals surface area contributed by atoms with Gasteiger partial charge in [-0.1, -0.05) is 13.3 Å². The third kappa shape index (κ3) is 6.20. The van der Waals surface area contributed by atoms with Crippen molar-refractivity contribution in [1.82, 2.24) is 5.32 Å². The number of hydrogen-bond donors (Lipinski definition) is 1. The summed E-state index contributed by atoms with van der Waals surface area (Å²) in [5, 5.41) is 3.53. The average molecular weight is 255 g/mol. The van der Waals surface area contributed by atoms with Crippen LogP contribution in [-0.4, -0.2) is 19.8 Å². The van der Waals surface area contributed by atoms with Crippen LogP contribution in [0.25, 0.3) is 0 Å². The molecule has 17 heavy (non-hydrogen) atoms. The van der Waals surface area contributed by atoms with E-state index in [0.717, 1.165) is 26.2 Å². The normalized spacial score (nSPS) is 12.9. The van der Waals surface area contributed by atoms with Gasteiger partial charge in [-0.2, -0.15) is 0 Å². The minimum Gasteiger partial charge on any atom is -0.381 e. The molecule has 0 bridgehead atoms. The standard InChI is InChI=1S/C14H25NOS/c1-4-5-10-16-11-6-9-15-13(3)14-8-7-12(2)17-14/h7-8,13,15H,4-6,9-11H2,1-3H3. The molecule has 1 aromatic rings. The molecule has 0 aliphatic heterocycles. The maximum Gasteiger partial charge on any atom is 0.0478 e. The largest absolute Gasteiger partial charge is 0.381 e. The van der Waals surface area contributed by atoms with Crippen LogP contribution in [-0.2, 0) is 4.74 Å². The van der Waals surface area contributed by atoms with Gasteiger partial charge in [0, 0.05) is 29.0 Å². The summed E-state index contributed by atoms with van der Waals surface area (Å²) in [6.45, 7) is 9.39. The van der Waals surface area contributed by atoms with E-state index in [1.165, 1.54) is 22.6 Å². The highest BCUT2D eigenvalue weighted by Gasteiger charge is 2.05. The summed E-state index contributed by atoms with van der Waals surface area (Å²) in [5.74, 6) is 0. The maximum atomic E-state index is 5.53. The van der Waals surface area contributed by atoms with Crippen molar-refractivity contribution >= 4 is 11.3 Å². The summed E-state index contributed by atoms with van der Waals surface area (Å²) in [6.07, 6.45) is 3.49. The molecule has 2 nitrogen and oxygen atoms in total. The highest BCUT2D eigenvalue weighted by molar-refractivity contribution is 7.12. The molecule has 0 amide bonds. The molecule has 0 saturated carbocycles. The second-order valence-electron chi connectivity index (χ2n) is 4.44. The third-order valence-corrected chi connectivity index (χ3v) is 3.93. The van der Waals surface area contributed by atoms with Gasteiger partial charge < -0.3 is 10.1 Å². The zero-order valence-electron chi connectivity index (χ0n) is 11.3. The van der Waals surface area contributed by atoms with Crippen LogP contribution in [0.2, 0.25) is 0 Å². The number of ether oxygens (including phenoxy) is 1. The van der Waals surface area contributed by atoms with Crippen LogP contribution in [0.1, 0.15) is 48.9 Å². The first-order chi connectivity index (χ1) is 8.24. The van der Waals surface area contributed by atoms with Gasteiger partial charge in [0.05, 0.1) is 0 Å². The third-order valence-electron chi connectivity index (χ3n) is 2.75. The summed E-state index contributed by atoms with van der Waals surface area (Å²) < 4.78 is 5.53. The molecule has 0 aliphatic rings. The quantitative estimate of drug-likeness (QED) is 0.675. The van der Waals surface area contributed by atoms with E-state index in [1.807, 2.05) is 11.3 Å². The van der Waals surface area contributed by atoms with Crippen LogP contribution in [0, 0.1) is 6.92 Å². The van der Waals surface area contributed by atoms with Crippen LogP contribution in [0.15, 0.2) is 12.1 Å². The Bertz CT molecular complexity index is 298. The zero-order chi connectivity index (χ0) is 12.5. The number of hydrogen-bond acceptors (Lipinski definition) is 3. The molecule has 1 atom stereocenters. The Morgan fingerprint density at radius 2 is 2.06 bits per heavy atom. The van der Waals surface area contributed by atoms with Crippen molar-refractivity contribution in [2.75, 3.05) is 19.8 Å². The smallest absolute Gasteiger partial charge is 0.0478 e. The van der Waals surface area contributed by atoms with Gasteiger partial charge in [-0.05, 0) is 45.4 Å². The van der Waals surface area contributed by atoms with Crippen molar-refractivity contribution in [2.24, 2.45) is 0 Å². The molecule has 1 aromatic heterocycles. The van der Waals surface area contributed by atoms with E-state index in [4.69, 9.17) is 4.74 Å². The van der Waals surface area contributed by atoms with Gasteiger partial charge in [-0.15, -0.1) is 11.3 Å². The maximum absolute atomic E-state index is 5.53. The van der Waals surface area contributed by atoms with E-state index in [1.54, 1.807) is 0 Å². The molecule has 1 unspecified atom stereocenters. The highest BCUT2D eigenvalue weighted by Crippen LogP contribution is 2.21. The molecule has 0 spiro atoms. The Morgan fingerprint density at radius 3 is 2.71 bits per heavy atom. The summed E-state index contributed by atoms with van der Waals surface area (Å²) in [6, 6.07) is 4.87. The van der Waals surface area contributed by atoms with Gasteiger partial charge in [0.25, 0.3) is 0 Å². The number of rotatable bonds is 9. The monoisotopic (exact) mass is 255 g/mol. The molecule has 0 aliphatic carbocycles. The minimum atomic E-state index is 0.462. The average Bonchev–Trinajstić information content (AvgIpc) is 2.74. The summed E-state index contributed by atoms with van der Waals surface area (Å²) in [7, 11) is 0. The first-order valence-corrected chi connectivity index (χ1v) is 7.43. The lowest BCUT2D eigenvalue weighted by molar-refractivity contribution is 0.128. The van der Waals surface area contributed by atoms with Gasteiger partial charge in [0.1, 0.15) is 0 Å². The predicted octanol–water partition coefficient (Wildman–Crippen LogP) is 3.91. The van der Waals surface area contributed by atoms with Crippen LogP contribution >= 0.6 is 11.3 Å². The Kier molecular flexibility index (Phi) is 7.49. The molecule has 0 aromatic carbocycles. The lowest BCUT2D eigenvalue weighted by atomic mass is 10.2. The van der Waals surface area contributed by atoms with Gasteiger partial charge in [-0.3, -0.25) is 0 Å². The molecule has 0 fully saturated rings. The van der Waals surface area contributed by atoms with Crippen LogP contribution in [0.3, 0.4) is 0 Å². The minimum absolute atomic E-state index is 0.462. The van der Waals surface area contributed by atoms with Crippen molar-refractivity contribution in [2.45, 2.75) is 46.1 Å². The fraction of sp³-hybridized carbons (Fsp3) is 0.714. The Hall–Kier alpha value is -0.380. The highest BCUT2D eigenvalue weighted by atomic mass is 32.1. The molecular weight excluding hydrogens is 230 g/mol. The van der Waals surface area contributed by atoms with Crippen molar-refractivity contribution in [3.63, 3.8) is 0 Å². The summed E-state index contributed by atoms with van der Waals surface area (Å²) >= 11 is 1.88.